The van der Waals surface area contributed by atoms with Crippen LogP contribution in [0.3, 0.4) is 0 Å². The van der Waals surface area contributed by atoms with Crippen molar-refractivity contribution in [2.45, 2.75) is 82.5 Å². The lowest BCUT2D eigenvalue weighted by atomic mass is 9.97. The average molecular weight is 360 g/mol. The van der Waals surface area contributed by atoms with E-state index in [1.807, 2.05) is 6.92 Å². The molecule has 2 rings (SSSR count). The van der Waals surface area contributed by atoms with Crippen molar-refractivity contribution in [3.8, 4) is 0 Å². The molecule has 2 fully saturated rings. The number of rotatable bonds is 8. The van der Waals surface area contributed by atoms with Crippen LogP contribution < -0.4 is 0 Å². The number of unbranched alkanes of at least 4 members (excludes halogenated alkanes) is 1. The van der Waals surface area contributed by atoms with Crippen molar-refractivity contribution in [2.75, 3.05) is 25.4 Å². The van der Waals surface area contributed by atoms with Gasteiger partial charge in [-0.1, -0.05) is 26.2 Å². The highest BCUT2D eigenvalue weighted by atomic mass is 32.2. The van der Waals surface area contributed by atoms with Gasteiger partial charge in [0.05, 0.1) is 17.4 Å². The van der Waals surface area contributed by atoms with Crippen LogP contribution in [0.5, 0.6) is 0 Å². The molecule has 1 aliphatic carbocycles. The largest absolute Gasteiger partial charge is 0.461 e. The molecule has 2 aliphatic rings. The lowest BCUT2D eigenvalue weighted by Gasteiger charge is -2.31. The van der Waals surface area contributed by atoms with Gasteiger partial charge in [0.15, 0.2) is 9.84 Å². The number of hydrogen-bond donors (Lipinski definition) is 0. The molecule has 0 bridgehead atoms. The van der Waals surface area contributed by atoms with E-state index in [9.17, 15) is 13.2 Å². The molecule has 24 heavy (non-hydrogen) atoms. The van der Waals surface area contributed by atoms with E-state index < -0.39 is 21.2 Å². The molecule has 0 amide bonds. The molecule has 0 aromatic heterocycles. The standard InChI is InChI=1S/C18H33NO4S/c1-2-3-15-24(21,22)17-10-6-5-9-16(17)23-18(20)11-14-19-12-7-4-8-13-19/h16-17H,2-15H2,1H3/t16-,17-/m0/s1. The second-order valence-electron chi connectivity index (χ2n) is 7.22. The van der Waals surface area contributed by atoms with E-state index in [4.69, 9.17) is 4.74 Å². The number of nitrogens with zero attached hydrogens (tertiary/aromatic N) is 1. The second-order valence-corrected chi connectivity index (χ2v) is 9.56. The summed E-state index contributed by atoms with van der Waals surface area (Å²) in [6.07, 6.45) is 8.36. The van der Waals surface area contributed by atoms with E-state index in [1.165, 1.54) is 19.3 Å². The van der Waals surface area contributed by atoms with Gasteiger partial charge < -0.3 is 9.64 Å². The summed E-state index contributed by atoms with van der Waals surface area (Å²) >= 11 is 0. The molecule has 1 aliphatic heterocycles. The Morgan fingerprint density at radius 3 is 2.50 bits per heavy atom. The van der Waals surface area contributed by atoms with Gasteiger partial charge in [0, 0.05) is 6.54 Å². The van der Waals surface area contributed by atoms with Crippen molar-refractivity contribution in [2.24, 2.45) is 0 Å². The Morgan fingerprint density at radius 1 is 1.08 bits per heavy atom. The highest BCUT2D eigenvalue weighted by Gasteiger charge is 2.37. The maximum atomic E-state index is 12.5. The normalized spacial score (nSPS) is 26.2. The maximum absolute atomic E-state index is 12.5. The number of carbonyl (C=O) groups excluding carboxylic acids is 1. The summed E-state index contributed by atoms with van der Waals surface area (Å²) in [5.41, 5.74) is 0. The number of ether oxygens (including phenoxy) is 1. The molecule has 1 saturated carbocycles. The average Bonchev–Trinajstić information content (AvgIpc) is 2.59. The van der Waals surface area contributed by atoms with Gasteiger partial charge in [-0.25, -0.2) is 8.42 Å². The Kier molecular flexibility index (Phi) is 8.01. The van der Waals surface area contributed by atoms with Crippen LogP contribution in [0.15, 0.2) is 0 Å². The first-order chi connectivity index (χ1) is 11.5. The van der Waals surface area contributed by atoms with Gasteiger partial charge in [-0.2, -0.15) is 0 Å². The van der Waals surface area contributed by atoms with Crippen LogP contribution in [0.4, 0.5) is 0 Å². The highest BCUT2D eigenvalue weighted by Crippen LogP contribution is 2.28. The van der Waals surface area contributed by atoms with Gasteiger partial charge in [0.25, 0.3) is 0 Å². The minimum absolute atomic E-state index is 0.218. The number of carbonyl (C=O) groups is 1. The van der Waals surface area contributed by atoms with Crippen LogP contribution in [0, 0.1) is 0 Å². The predicted octanol–water partition coefficient (Wildman–Crippen LogP) is 2.93. The third-order valence-electron chi connectivity index (χ3n) is 5.25. The zero-order chi connectivity index (χ0) is 17.4. The Hall–Kier alpha value is -0.620. The Morgan fingerprint density at radius 2 is 1.79 bits per heavy atom. The quantitative estimate of drug-likeness (QED) is 0.624. The first-order valence-corrected chi connectivity index (χ1v) is 11.4. The van der Waals surface area contributed by atoms with Crippen molar-refractivity contribution in [3.63, 3.8) is 0 Å². The zero-order valence-electron chi connectivity index (χ0n) is 15.0. The van der Waals surface area contributed by atoms with E-state index in [2.05, 4.69) is 4.90 Å². The zero-order valence-corrected chi connectivity index (χ0v) is 15.9. The van der Waals surface area contributed by atoms with Gasteiger partial charge in [-0.15, -0.1) is 0 Å². The van der Waals surface area contributed by atoms with Crippen LogP contribution in [-0.4, -0.2) is 56.0 Å². The molecule has 0 unspecified atom stereocenters. The third kappa shape index (κ3) is 6.03. The minimum atomic E-state index is -3.16. The van der Waals surface area contributed by atoms with Gasteiger partial charge in [0.1, 0.15) is 6.10 Å². The first-order valence-electron chi connectivity index (χ1n) is 9.66. The molecule has 1 heterocycles. The number of likely N-dealkylation sites (tertiary alicyclic amines) is 1. The monoisotopic (exact) mass is 359 g/mol. The fourth-order valence-corrected chi connectivity index (χ4v) is 5.94. The third-order valence-corrected chi connectivity index (χ3v) is 7.57. The van der Waals surface area contributed by atoms with Crippen LogP contribution in [0.1, 0.15) is 71.1 Å². The fraction of sp³-hybridized carbons (Fsp3) is 0.944. The van der Waals surface area contributed by atoms with Gasteiger partial charge in [-0.3, -0.25) is 4.79 Å². The summed E-state index contributed by atoms with van der Waals surface area (Å²) in [7, 11) is -3.16. The molecule has 2 atom stereocenters. The highest BCUT2D eigenvalue weighted by molar-refractivity contribution is 7.92. The van der Waals surface area contributed by atoms with E-state index in [-0.39, 0.29) is 11.7 Å². The van der Waals surface area contributed by atoms with E-state index >= 15 is 0 Å². The van der Waals surface area contributed by atoms with Crippen LogP contribution in [0.25, 0.3) is 0 Å². The van der Waals surface area contributed by atoms with Crippen molar-refractivity contribution in [1.29, 1.82) is 0 Å². The summed E-state index contributed by atoms with van der Waals surface area (Å²) in [5.74, 6) is -0.0149. The number of esters is 1. The van der Waals surface area contributed by atoms with Crippen LogP contribution >= 0.6 is 0 Å². The Labute approximate surface area is 147 Å². The minimum Gasteiger partial charge on any atom is -0.461 e. The summed E-state index contributed by atoms with van der Waals surface area (Å²) in [6, 6.07) is 0. The summed E-state index contributed by atoms with van der Waals surface area (Å²) in [5, 5.41) is -0.489. The van der Waals surface area contributed by atoms with Crippen molar-refractivity contribution < 1.29 is 17.9 Å². The topological polar surface area (TPSA) is 63.7 Å². The first kappa shape index (κ1) is 19.7. The molecule has 6 heteroatoms. The van der Waals surface area contributed by atoms with Crippen molar-refractivity contribution >= 4 is 15.8 Å². The van der Waals surface area contributed by atoms with Crippen molar-refractivity contribution in [1.82, 2.24) is 4.90 Å². The number of hydrogen-bond acceptors (Lipinski definition) is 5. The lowest BCUT2D eigenvalue weighted by Crippen LogP contribution is -2.41. The SMILES string of the molecule is CCCCS(=O)(=O)[C@H]1CCCC[C@@H]1OC(=O)CCN1CCCCC1. The summed E-state index contributed by atoms with van der Waals surface area (Å²) < 4.78 is 30.7. The Balaban J connectivity index is 1.84. The summed E-state index contributed by atoms with van der Waals surface area (Å²) in [6.45, 7) is 4.85. The lowest BCUT2D eigenvalue weighted by molar-refractivity contribution is -0.150. The predicted molar refractivity (Wildman–Crippen MR) is 95.7 cm³/mol. The van der Waals surface area contributed by atoms with Gasteiger partial charge >= 0.3 is 5.97 Å². The van der Waals surface area contributed by atoms with Gasteiger partial charge in [0.2, 0.25) is 0 Å². The maximum Gasteiger partial charge on any atom is 0.307 e. The molecule has 1 saturated heterocycles. The molecule has 0 spiro atoms. The van der Waals surface area contributed by atoms with E-state index in [0.717, 1.165) is 38.9 Å². The second kappa shape index (κ2) is 9.76. The molecule has 0 aromatic carbocycles. The summed E-state index contributed by atoms with van der Waals surface area (Å²) in [4.78, 5) is 14.5. The molecule has 0 aromatic rings. The van der Waals surface area contributed by atoms with Crippen LogP contribution in [0.2, 0.25) is 0 Å². The molecule has 0 radical (unpaired) electrons. The number of piperidine rings is 1. The van der Waals surface area contributed by atoms with Gasteiger partial charge in [-0.05, 0) is 51.6 Å². The molecular formula is C18H33NO4S. The number of sulfone groups is 1. The smallest absolute Gasteiger partial charge is 0.307 e. The molecular weight excluding hydrogens is 326 g/mol. The molecule has 140 valence electrons. The van der Waals surface area contributed by atoms with E-state index in [0.29, 0.717) is 25.7 Å². The fourth-order valence-electron chi connectivity index (χ4n) is 3.77. The van der Waals surface area contributed by atoms with E-state index in [1.54, 1.807) is 0 Å². The van der Waals surface area contributed by atoms with Crippen LogP contribution in [-0.2, 0) is 19.4 Å². The molecule has 5 nitrogen and oxygen atoms in total. The molecule has 0 N–H and O–H groups in total. The van der Waals surface area contributed by atoms with Crippen molar-refractivity contribution in [3.05, 3.63) is 0 Å². The Bertz CT molecular complexity index is 485.